The van der Waals surface area contributed by atoms with Gasteiger partial charge in [0.25, 0.3) is 0 Å². The fourth-order valence-electron chi connectivity index (χ4n) is 3.03. The van der Waals surface area contributed by atoms with Crippen LogP contribution in [0.1, 0.15) is 20.3 Å². The molecule has 0 saturated heterocycles. The average Bonchev–Trinajstić information content (AvgIpc) is 2.68. The Kier molecular flexibility index (Phi) is 6.49. The summed E-state index contributed by atoms with van der Waals surface area (Å²) in [7, 11) is 0. The van der Waals surface area contributed by atoms with Crippen LogP contribution in [0.3, 0.4) is 0 Å². The summed E-state index contributed by atoms with van der Waals surface area (Å²) in [5.41, 5.74) is 8.40. The Balaban J connectivity index is 1.98. The molecule has 4 N–H and O–H groups in total. The molecule has 0 spiro atoms. The zero-order chi connectivity index (χ0) is 20.1. The van der Waals surface area contributed by atoms with Gasteiger partial charge in [0.1, 0.15) is 11.6 Å². The molecule has 6 heteroatoms. The molecule has 0 amide bonds. The number of anilines is 1. The number of hydrogen-bond donors (Lipinski definition) is 3. The Hall–Kier alpha value is -2.63. The SMILES string of the molecule is CC(C)C[C@H](N)CNc1cc(-c2ccccc2)nc(-c2cc(Cl)ccc2O)n1. The third-order valence-electron chi connectivity index (χ3n) is 4.31. The number of phenolic OH excluding ortho intramolecular Hbond substituents is 1. The van der Waals surface area contributed by atoms with E-state index >= 15 is 0 Å². The maximum Gasteiger partial charge on any atom is 0.165 e. The molecule has 1 heterocycles. The van der Waals surface area contributed by atoms with E-state index < -0.39 is 0 Å². The summed E-state index contributed by atoms with van der Waals surface area (Å²) in [6.45, 7) is 4.90. The zero-order valence-electron chi connectivity index (χ0n) is 16.1. The van der Waals surface area contributed by atoms with Crippen LogP contribution in [0, 0.1) is 5.92 Å². The van der Waals surface area contributed by atoms with E-state index in [0.717, 1.165) is 17.7 Å². The van der Waals surface area contributed by atoms with Gasteiger partial charge in [-0.2, -0.15) is 0 Å². The molecule has 1 aromatic heterocycles. The standard InChI is InChI=1S/C22H25ClN4O/c1-14(2)10-17(24)13-25-21-12-19(15-6-4-3-5-7-15)26-22(27-21)18-11-16(23)8-9-20(18)28/h3-9,11-12,14,17,28H,10,13,24H2,1-2H3,(H,25,26,27)/t17-/m0/s1. The molecule has 0 aliphatic rings. The largest absolute Gasteiger partial charge is 0.507 e. The van der Waals surface area contributed by atoms with Crippen LogP contribution >= 0.6 is 11.6 Å². The Bertz CT molecular complexity index is 931. The topological polar surface area (TPSA) is 84.1 Å². The first-order chi connectivity index (χ1) is 13.4. The molecule has 0 aliphatic carbocycles. The Morgan fingerprint density at radius 3 is 2.54 bits per heavy atom. The first-order valence-electron chi connectivity index (χ1n) is 9.35. The second-order valence-electron chi connectivity index (χ2n) is 7.26. The minimum absolute atomic E-state index is 0.0261. The predicted molar refractivity (Wildman–Crippen MR) is 115 cm³/mol. The van der Waals surface area contributed by atoms with Crippen LogP contribution in [0.2, 0.25) is 5.02 Å². The van der Waals surface area contributed by atoms with Gasteiger partial charge in [-0.15, -0.1) is 0 Å². The molecular weight excluding hydrogens is 372 g/mol. The van der Waals surface area contributed by atoms with Gasteiger partial charge in [0.15, 0.2) is 5.82 Å². The third-order valence-corrected chi connectivity index (χ3v) is 4.55. The highest BCUT2D eigenvalue weighted by molar-refractivity contribution is 6.30. The van der Waals surface area contributed by atoms with Gasteiger partial charge in [-0.05, 0) is 30.5 Å². The summed E-state index contributed by atoms with van der Waals surface area (Å²) >= 11 is 6.12. The number of aromatic hydroxyl groups is 1. The normalized spacial score (nSPS) is 12.2. The lowest BCUT2D eigenvalue weighted by Gasteiger charge is -2.16. The van der Waals surface area contributed by atoms with Gasteiger partial charge in [-0.25, -0.2) is 9.97 Å². The lowest BCUT2D eigenvalue weighted by Crippen LogP contribution is -2.30. The van der Waals surface area contributed by atoms with Gasteiger partial charge in [-0.1, -0.05) is 55.8 Å². The quantitative estimate of drug-likeness (QED) is 0.526. The smallest absolute Gasteiger partial charge is 0.165 e. The molecule has 28 heavy (non-hydrogen) atoms. The monoisotopic (exact) mass is 396 g/mol. The summed E-state index contributed by atoms with van der Waals surface area (Å²) in [5, 5.41) is 14.1. The van der Waals surface area contributed by atoms with E-state index in [1.54, 1.807) is 18.2 Å². The van der Waals surface area contributed by atoms with E-state index in [1.807, 2.05) is 36.4 Å². The van der Waals surface area contributed by atoms with Crippen molar-refractivity contribution >= 4 is 17.4 Å². The Morgan fingerprint density at radius 1 is 1.07 bits per heavy atom. The number of nitrogens with one attached hydrogen (secondary N) is 1. The number of halogens is 1. The van der Waals surface area contributed by atoms with Crippen LogP contribution in [0.15, 0.2) is 54.6 Å². The fourth-order valence-corrected chi connectivity index (χ4v) is 3.20. The van der Waals surface area contributed by atoms with Crippen molar-refractivity contribution in [2.24, 2.45) is 11.7 Å². The van der Waals surface area contributed by atoms with E-state index in [1.165, 1.54) is 0 Å². The average molecular weight is 397 g/mol. The van der Waals surface area contributed by atoms with E-state index in [4.69, 9.17) is 17.3 Å². The molecule has 3 aromatic rings. The highest BCUT2D eigenvalue weighted by atomic mass is 35.5. The van der Waals surface area contributed by atoms with Gasteiger partial charge < -0.3 is 16.2 Å². The van der Waals surface area contributed by atoms with Gasteiger partial charge in [0.2, 0.25) is 0 Å². The lowest BCUT2D eigenvalue weighted by atomic mass is 10.0. The van der Waals surface area contributed by atoms with Crippen LogP contribution in [0.25, 0.3) is 22.6 Å². The Labute approximate surface area is 170 Å². The summed E-state index contributed by atoms with van der Waals surface area (Å²) < 4.78 is 0. The number of hydrogen-bond acceptors (Lipinski definition) is 5. The van der Waals surface area contributed by atoms with Gasteiger partial charge in [0.05, 0.1) is 11.3 Å². The van der Waals surface area contributed by atoms with Gasteiger partial charge in [-0.3, -0.25) is 0 Å². The molecule has 146 valence electrons. The first kappa shape index (κ1) is 20.1. The van der Waals surface area contributed by atoms with E-state index in [-0.39, 0.29) is 11.8 Å². The second kappa shape index (κ2) is 9.04. The van der Waals surface area contributed by atoms with Crippen molar-refractivity contribution in [1.82, 2.24) is 9.97 Å². The van der Waals surface area contributed by atoms with Crippen molar-refractivity contribution in [1.29, 1.82) is 0 Å². The maximum absolute atomic E-state index is 10.3. The number of nitrogens with zero attached hydrogens (tertiary/aromatic N) is 2. The number of nitrogens with two attached hydrogens (primary N) is 1. The molecular formula is C22H25ClN4O. The van der Waals surface area contributed by atoms with E-state index in [0.29, 0.717) is 34.7 Å². The molecule has 0 radical (unpaired) electrons. The van der Waals surface area contributed by atoms with Crippen LogP contribution in [0.5, 0.6) is 5.75 Å². The highest BCUT2D eigenvalue weighted by Gasteiger charge is 2.13. The minimum Gasteiger partial charge on any atom is -0.507 e. The van der Waals surface area contributed by atoms with Crippen molar-refractivity contribution in [2.75, 3.05) is 11.9 Å². The van der Waals surface area contributed by atoms with Crippen molar-refractivity contribution in [2.45, 2.75) is 26.3 Å². The summed E-state index contributed by atoms with van der Waals surface area (Å²) in [4.78, 5) is 9.24. The maximum atomic E-state index is 10.3. The summed E-state index contributed by atoms with van der Waals surface area (Å²) in [6.07, 6.45) is 0.922. The Morgan fingerprint density at radius 2 is 1.82 bits per heavy atom. The van der Waals surface area contributed by atoms with Crippen molar-refractivity contribution in [3.63, 3.8) is 0 Å². The van der Waals surface area contributed by atoms with Crippen LogP contribution in [-0.4, -0.2) is 27.7 Å². The molecule has 0 saturated carbocycles. The van der Waals surface area contributed by atoms with Crippen molar-refractivity contribution in [3.8, 4) is 28.4 Å². The van der Waals surface area contributed by atoms with E-state index in [2.05, 4.69) is 29.1 Å². The van der Waals surface area contributed by atoms with Crippen molar-refractivity contribution < 1.29 is 5.11 Å². The molecule has 3 rings (SSSR count). The van der Waals surface area contributed by atoms with Crippen LogP contribution in [0.4, 0.5) is 5.82 Å². The number of aromatic nitrogens is 2. The molecule has 0 bridgehead atoms. The molecule has 0 aliphatic heterocycles. The number of benzene rings is 2. The van der Waals surface area contributed by atoms with E-state index in [9.17, 15) is 5.11 Å². The summed E-state index contributed by atoms with van der Waals surface area (Å²) in [6, 6.07) is 16.6. The molecule has 2 aromatic carbocycles. The minimum atomic E-state index is 0.0261. The van der Waals surface area contributed by atoms with Crippen LogP contribution < -0.4 is 11.1 Å². The highest BCUT2D eigenvalue weighted by Crippen LogP contribution is 2.32. The number of phenols is 1. The fraction of sp³-hybridized carbons (Fsp3) is 0.273. The molecule has 5 nitrogen and oxygen atoms in total. The first-order valence-corrected chi connectivity index (χ1v) is 9.73. The third kappa shape index (κ3) is 5.21. The van der Waals surface area contributed by atoms with Gasteiger partial charge >= 0.3 is 0 Å². The number of rotatable bonds is 7. The molecule has 0 fully saturated rings. The molecule has 1 atom stereocenters. The summed E-state index contributed by atoms with van der Waals surface area (Å²) in [5.74, 6) is 1.67. The second-order valence-corrected chi connectivity index (χ2v) is 7.70. The van der Waals surface area contributed by atoms with Crippen LogP contribution in [-0.2, 0) is 0 Å². The predicted octanol–water partition coefficient (Wildman–Crippen LogP) is 4.95. The van der Waals surface area contributed by atoms with Crippen molar-refractivity contribution in [3.05, 3.63) is 59.6 Å². The zero-order valence-corrected chi connectivity index (χ0v) is 16.8. The lowest BCUT2D eigenvalue weighted by molar-refractivity contribution is 0.477. The molecule has 0 unspecified atom stereocenters. The van der Waals surface area contributed by atoms with Gasteiger partial charge in [0, 0.05) is 29.2 Å².